The van der Waals surface area contributed by atoms with E-state index in [2.05, 4.69) is 0 Å². The Balaban J connectivity index is 2.37. The molecule has 2 fully saturated rings. The molecule has 0 spiro atoms. The molecule has 1 saturated carbocycles. The second-order valence-corrected chi connectivity index (χ2v) is 4.89. The lowest BCUT2D eigenvalue weighted by Gasteiger charge is -2.42. The molecule has 92 valence electrons. The molecule has 5 heteroatoms. The molecule has 16 heavy (non-hydrogen) atoms. The molecule has 2 rings (SSSR count). The van der Waals surface area contributed by atoms with Crippen LogP contribution in [0.4, 0.5) is 8.78 Å². The maximum absolute atomic E-state index is 13.7. The number of ether oxygens (including phenoxy) is 2. The fourth-order valence-electron chi connectivity index (χ4n) is 2.85. The molecule has 0 bridgehead atoms. The van der Waals surface area contributed by atoms with Gasteiger partial charge in [0.05, 0.1) is 6.42 Å². The van der Waals surface area contributed by atoms with Gasteiger partial charge in [-0.25, -0.2) is 13.6 Å². The van der Waals surface area contributed by atoms with Gasteiger partial charge in [-0.1, -0.05) is 6.92 Å². The monoisotopic (exact) mass is 234 g/mol. The number of cyclic esters (lactones) is 1. The van der Waals surface area contributed by atoms with Crippen molar-refractivity contribution in [3.05, 3.63) is 0 Å². The zero-order valence-electron chi connectivity index (χ0n) is 9.63. The summed E-state index contributed by atoms with van der Waals surface area (Å²) in [4.78, 5) is 11.7. The summed E-state index contributed by atoms with van der Waals surface area (Å²) >= 11 is 0. The van der Waals surface area contributed by atoms with Crippen LogP contribution in [0.2, 0.25) is 0 Å². The number of alkyl halides is 2. The van der Waals surface area contributed by atoms with Crippen molar-refractivity contribution in [2.45, 2.75) is 44.3 Å². The van der Waals surface area contributed by atoms with Crippen LogP contribution in [0.1, 0.15) is 26.7 Å². The van der Waals surface area contributed by atoms with Crippen molar-refractivity contribution in [2.75, 3.05) is 7.11 Å². The number of esters is 1. The van der Waals surface area contributed by atoms with Crippen molar-refractivity contribution >= 4 is 5.97 Å². The lowest BCUT2D eigenvalue weighted by atomic mass is 9.69. The molecular weight excluding hydrogens is 218 g/mol. The van der Waals surface area contributed by atoms with E-state index in [1.54, 1.807) is 6.92 Å². The summed E-state index contributed by atoms with van der Waals surface area (Å²) in [5.41, 5.74) is -1.44. The van der Waals surface area contributed by atoms with Gasteiger partial charge in [0.15, 0.2) is 5.60 Å². The Hall–Kier alpha value is -0.710. The van der Waals surface area contributed by atoms with Crippen LogP contribution in [0.5, 0.6) is 0 Å². The number of carbonyl (C=O) groups excluding carboxylic acids is 1. The molecule has 2 aliphatic rings. The minimum Gasteiger partial charge on any atom is -0.460 e. The highest BCUT2D eigenvalue weighted by atomic mass is 19.3. The minimum atomic E-state index is -2.87. The van der Waals surface area contributed by atoms with Crippen molar-refractivity contribution in [3.63, 3.8) is 0 Å². The fourth-order valence-corrected chi connectivity index (χ4v) is 2.85. The highest BCUT2D eigenvalue weighted by molar-refractivity contribution is 5.83. The number of hydrogen-bond acceptors (Lipinski definition) is 3. The molecular formula is C11H16F2O3. The molecule has 1 aliphatic heterocycles. The lowest BCUT2D eigenvalue weighted by molar-refractivity contribution is -0.191. The van der Waals surface area contributed by atoms with Crippen molar-refractivity contribution in [3.8, 4) is 0 Å². The van der Waals surface area contributed by atoms with Gasteiger partial charge in [0.1, 0.15) is 6.10 Å². The third-order valence-electron chi connectivity index (χ3n) is 4.00. The maximum atomic E-state index is 13.7. The Morgan fingerprint density at radius 2 is 2.06 bits per heavy atom. The van der Waals surface area contributed by atoms with Gasteiger partial charge in [0.2, 0.25) is 0 Å². The Labute approximate surface area is 93.1 Å². The van der Waals surface area contributed by atoms with Crippen molar-refractivity contribution < 1.29 is 23.0 Å². The predicted molar refractivity (Wildman–Crippen MR) is 52.1 cm³/mol. The van der Waals surface area contributed by atoms with Crippen LogP contribution >= 0.6 is 0 Å². The first-order chi connectivity index (χ1) is 7.33. The predicted octanol–water partition coefficient (Wildman–Crippen LogP) is 2.00. The van der Waals surface area contributed by atoms with Crippen LogP contribution in [-0.4, -0.2) is 30.7 Å². The molecule has 4 unspecified atom stereocenters. The van der Waals surface area contributed by atoms with Gasteiger partial charge >= 0.3 is 5.97 Å². The van der Waals surface area contributed by atoms with Gasteiger partial charge in [-0.15, -0.1) is 0 Å². The van der Waals surface area contributed by atoms with E-state index in [0.29, 0.717) is 0 Å². The third-order valence-corrected chi connectivity index (χ3v) is 4.00. The number of hydrogen-bond donors (Lipinski definition) is 0. The number of fused-ring (bicyclic) bond motifs is 1. The summed E-state index contributed by atoms with van der Waals surface area (Å²) in [7, 11) is 1.30. The second-order valence-electron chi connectivity index (χ2n) is 4.89. The highest BCUT2D eigenvalue weighted by Gasteiger charge is 2.65. The number of methoxy groups -OCH3 is 1. The zero-order chi connectivity index (χ0) is 12.1. The van der Waals surface area contributed by atoms with E-state index in [1.807, 2.05) is 0 Å². The van der Waals surface area contributed by atoms with Gasteiger partial charge in [0.25, 0.3) is 5.92 Å². The molecule has 4 atom stereocenters. The van der Waals surface area contributed by atoms with Crippen LogP contribution < -0.4 is 0 Å². The van der Waals surface area contributed by atoms with E-state index < -0.39 is 29.8 Å². The Bertz CT molecular complexity index is 318. The molecule has 0 amide bonds. The van der Waals surface area contributed by atoms with Crippen LogP contribution in [0, 0.1) is 11.8 Å². The van der Waals surface area contributed by atoms with Crippen molar-refractivity contribution in [2.24, 2.45) is 11.8 Å². The first-order valence-electron chi connectivity index (χ1n) is 5.47. The highest BCUT2D eigenvalue weighted by Crippen LogP contribution is 2.52. The van der Waals surface area contributed by atoms with E-state index in [1.165, 1.54) is 14.0 Å². The normalized spacial score (nSPS) is 46.3. The average molecular weight is 234 g/mol. The van der Waals surface area contributed by atoms with E-state index in [-0.39, 0.29) is 18.4 Å². The summed E-state index contributed by atoms with van der Waals surface area (Å²) in [6.45, 7) is 3.24. The Morgan fingerprint density at radius 3 is 2.62 bits per heavy atom. The smallest absolute Gasteiger partial charge is 0.339 e. The molecule has 3 nitrogen and oxygen atoms in total. The van der Waals surface area contributed by atoms with Crippen molar-refractivity contribution in [1.29, 1.82) is 0 Å². The standard InChI is InChI=1S/C11H16F2O3/c1-6-4-8-7(2)16-9(14)10(8,15-3)5-11(6,12)13/h6-8H,4-5H2,1-3H3. The molecule has 0 N–H and O–H groups in total. The van der Waals surface area contributed by atoms with E-state index in [0.717, 1.165) is 0 Å². The van der Waals surface area contributed by atoms with Crippen LogP contribution in [0.15, 0.2) is 0 Å². The molecule has 0 radical (unpaired) electrons. The molecule has 1 saturated heterocycles. The number of rotatable bonds is 1. The summed E-state index contributed by atoms with van der Waals surface area (Å²) < 4.78 is 37.5. The summed E-state index contributed by atoms with van der Waals surface area (Å²) in [5, 5.41) is 0. The molecule has 1 aliphatic carbocycles. The SMILES string of the molecule is COC12CC(F)(F)C(C)CC1C(C)OC2=O. The quantitative estimate of drug-likeness (QED) is 0.651. The lowest BCUT2D eigenvalue weighted by Crippen LogP contribution is -2.54. The first kappa shape index (κ1) is 11.8. The zero-order valence-corrected chi connectivity index (χ0v) is 9.63. The number of carbonyl (C=O) groups is 1. The summed E-state index contributed by atoms with van der Waals surface area (Å²) in [6.07, 6.45) is -0.648. The van der Waals surface area contributed by atoms with Crippen molar-refractivity contribution in [1.82, 2.24) is 0 Å². The molecule has 0 aromatic heterocycles. The summed E-state index contributed by atoms with van der Waals surface area (Å²) in [6, 6.07) is 0. The molecule has 0 aromatic rings. The maximum Gasteiger partial charge on any atom is 0.339 e. The van der Waals surface area contributed by atoms with Crippen LogP contribution in [0.3, 0.4) is 0 Å². The first-order valence-corrected chi connectivity index (χ1v) is 5.47. The van der Waals surface area contributed by atoms with E-state index in [4.69, 9.17) is 9.47 Å². The Morgan fingerprint density at radius 1 is 1.44 bits per heavy atom. The summed E-state index contributed by atoms with van der Waals surface area (Å²) in [5.74, 6) is -4.51. The van der Waals surface area contributed by atoms with Crippen LogP contribution in [0.25, 0.3) is 0 Å². The van der Waals surface area contributed by atoms with Gasteiger partial charge in [-0.3, -0.25) is 0 Å². The fraction of sp³-hybridized carbons (Fsp3) is 0.909. The van der Waals surface area contributed by atoms with Crippen LogP contribution in [-0.2, 0) is 14.3 Å². The molecule has 0 aromatic carbocycles. The van der Waals surface area contributed by atoms with E-state index in [9.17, 15) is 13.6 Å². The third kappa shape index (κ3) is 1.37. The molecule has 1 heterocycles. The van der Waals surface area contributed by atoms with E-state index >= 15 is 0 Å². The van der Waals surface area contributed by atoms with Gasteiger partial charge in [-0.05, 0) is 13.3 Å². The van der Waals surface area contributed by atoms with Gasteiger partial charge in [-0.2, -0.15) is 0 Å². The minimum absolute atomic E-state index is 0.258. The topological polar surface area (TPSA) is 35.5 Å². The average Bonchev–Trinajstić information content (AvgIpc) is 2.41. The largest absolute Gasteiger partial charge is 0.460 e. The Kier molecular flexibility index (Phi) is 2.49. The van der Waals surface area contributed by atoms with Gasteiger partial charge < -0.3 is 9.47 Å². The van der Waals surface area contributed by atoms with Gasteiger partial charge in [0, 0.05) is 18.9 Å². The number of halogens is 2. The second kappa shape index (κ2) is 3.39.